The fraction of sp³-hybridized carbons (Fsp3) is 0.267. The normalized spacial score (nSPS) is 10.6. The van der Waals surface area contributed by atoms with Crippen LogP contribution in [0.4, 0.5) is 0 Å². The molecular formula is C15H15NO3S. The van der Waals surface area contributed by atoms with E-state index in [1.165, 1.54) is 6.92 Å². The molecule has 0 spiro atoms. The Bertz CT molecular complexity index is 637. The predicted molar refractivity (Wildman–Crippen MR) is 77.8 cm³/mol. The van der Waals surface area contributed by atoms with Gasteiger partial charge in [-0.3, -0.25) is 4.79 Å². The fourth-order valence-electron chi connectivity index (χ4n) is 2.17. The molecule has 0 radical (unpaired) electrons. The number of benzene rings is 1. The predicted octanol–water partition coefficient (Wildman–Crippen LogP) is 3.25. The molecule has 2 aromatic rings. The Hall–Kier alpha value is -2.01. The van der Waals surface area contributed by atoms with Gasteiger partial charge in [0.2, 0.25) is 0 Å². The van der Waals surface area contributed by atoms with Gasteiger partial charge < -0.3 is 5.11 Å². The van der Waals surface area contributed by atoms with Gasteiger partial charge in [0, 0.05) is 13.3 Å². The lowest BCUT2D eigenvalue weighted by molar-refractivity contribution is 0.0687. The molecule has 2 rings (SSSR count). The van der Waals surface area contributed by atoms with Gasteiger partial charge in [-0.15, -0.1) is 11.3 Å². The molecule has 4 nitrogen and oxygen atoms in total. The molecule has 1 aromatic carbocycles. The number of aromatic nitrogens is 1. The third-order valence-electron chi connectivity index (χ3n) is 2.83. The van der Waals surface area contributed by atoms with Crippen LogP contribution in [0, 0.1) is 13.8 Å². The lowest BCUT2D eigenvalue weighted by Crippen LogP contribution is -2.03. The molecule has 0 aliphatic rings. The van der Waals surface area contributed by atoms with Gasteiger partial charge in [0.1, 0.15) is 4.88 Å². The van der Waals surface area contributed by atoms with Crippen LogP contribution in [0.3, 0.4) is 0 Å². The quantitative estimate of drug-likeness (QED) is 0.877. The molecule has 1 N–H and O–H groups in total. The van der Waals surface area contributed by atoms with Gasteiger partial charge in [0.05, 0.1) is 5.01 Å². The van der Waals surface area contributed by atoms with Crippen LogP contribution in [0.5, 0.6) is 0 Å². The highest BCUT2D eigenvalue weighted by atomic mass is 32.1. The number of ketones is 1. The number of carboxylic acid groups (broad SMARTS) is 1. The summed E-state index contributed by atoms with van der Waals surface area (Å²) in [7, 11) is 0. The molecule has 20 heavy (non-hydrogen) atoms. The third kappa shape index (κ3) is 3.11. The average molecular weight is 289 g/mol. The third-order valence-corrected chi connectivity index (χ3v) is 3.99. The zero-order valence-corrected chi connectivity index (χ0v) is 12.4. The van der Waals surface area contributed by atoms with E-state index in [2.05, 4.69) is 11.1 Å². The first-order valence-electron chi connectivity index (χ1n) is 6.18. The number of thiazole rings is 1. The Morgan fingerprint density at radius 3 is 2.25 bits per heavy atom. The van der Waals surface area contributed by atoms with Gasteiger partial charge in [-0.05, 0) is 19.4 Å². The Balaban J connectivity index is 2.36. The Labute approximate surface area is 121 Å². The van der Waals surface area contributed by atoms with Gasteiger partial charge in [0.25, 0.3) is 0 Å². The van der Waals surface area contributed by atoms with Crippen LogP contribution in [-0.4, -0.2) is 21.8 Å². The van der Waals surface area contributed by atoms with E-state index in [0.29, 0.717) is 11.4 Å². The zero-order valence-electron chi connectivity index (χ0n) is 11.6. The lowest BCUT2D eigenvalue weighted by atomic mass is 10.1. The molecule has 0 aliphatic heterocycles. The first kappa shape index (κ1) is 14.4. The van der Waals surface area contributed by atoms with Crippen LogP contribution < -0.4 is 0 Å². The summed E-state index contributed by atoms with van der Waals surface area (Å²) in [6.45, 7) is 5.39. The van der Waals surface area contributed by atoms with Crippen molar-refractivity contribution in [3.05, 3.63) is 50.5 Å². The van der Waals surface area contributed by atoms with E-state index in [1.54, 1.807) is 0 Å². The molecule has 1 heterocycles. The van der Waals surface area contributed by atoms with Crippen molar-refractivity contribution >= 4 is 23.1 Å². The van der Waals surface area contributed by atoms with E-state index >= 15 is 0 Å². The summed E-state index contributed by atoms with van der Waals surface area (Å²) in [6, 6.07) is 6.17. The minimum Gasteiger partial charge on any atom is -0.476 e. The summed E-state index contributed by atoms with van der Waals surface area (Å²) in [5.41, 5.74) is 3.24. The molecule has 1 aromatic heterocycles. The molecule has 0 atom stereocenters. The second-order valence-electron chi connectivity index (χ2n) is 4.82. The molecule has 0 aliphatic carbocycles. The number of rotatable bonds is 4. The number of aromatic carboxylic acids is 1. The maximum atomic E-state index is 11.5. The van der Waals surface area contributed by atoms with Crippen molar-refractivity contribution in [2.45, 2.75) is 27.2 Å². The van der Waals surface area contributed by atoms with Crippen molar-refractivity contribution < 1.29 is 14.7 Å². The maximum Gasteiger partial charge on any atom is 0.356 e. The molecule has 0 saturated carbocycles. The molecule has 0 fully saturated rings. The van der Waals surface area contributed by atoms with Gasteiger partial charge in [0.15, 0.2) is 11.5 Å². The van der Waals surface area contributed by atoms with Gasteiger partial charge in [-0.2, -0.15) is 0 Å². The van der Waals surface area contributed by atoms with Crippen molar-refractivity contribution in [2.24, 2.45) is 0 Å². The van der Waals surface area contributed by atoms with Crippen molar-refractivity contribution in [2.75, 3.05) is 0 Å². The van der Waals surface area contributed by atoms with Crippen molar-refractivity contribution in [3.63, 3.8) is 0 Å². The Kier molecular flexibility index (Phi) is 3.99. The highest BCUT2D eigenvalue weighted by molar-refractivity contribution is 7.14. The van der Waals surface area contributed by atoms with Gasteiger partial charge in [-0.1, -0.05) is 29.3 Å². The Morgan fingerprint density at radius 2 is 1.80 bits per heavy atom. The fourth-order valence-corrected chi connectivity index (χ4v) is 3.15. The molecule has 104 valence electrons. The summed E-state index contributed by atoms with van der Waals surface area (Å²) in [5.74, 6) is -1.41. The van der Waals surface area contributed by atoms with Gasteiger partial charge in [-0.25, -0.2) is 9.78 Å². The van der Waals surface area contributed by atoms with Crippen LogP contribution in [0.25, 0.3) is 0 Å². The minimum absolute atomic E-state index is 0.137. The van der Waals surface area contributed by atoms with Crippen LogP contribution in [0.15, 0.2) is 18.2 Å². The van der Waals surface area contributed by atoms with Crippen molar-refractivity contribution in [1.82, 2.24) is 4.98 Å². The molecule has 0 amide bonds. The van der Waals surface area contributed by atoms with E-state index in [9.17, 15) is 9.59 Å². The molecular weight excluding hydrogens is 274 g/mol. The molecule has 5 heteroatoms. The minimum atomic E-state index is -1.15. The molecule has 0 bridgehead atoms. The summed E-state index contributed by atoms with van der Waals surface area (Å²) >= 11 is 1.16. The van der Waals surface area contributed by atoms with E-state index in [-0.39, 0.29) is 16.4 Å². The summed E-state index contributed by atoms with van der Waals surface area (Å²) in [5, 5.41) is 9.72. The molecule has 0 unspecified atom stereocenters. The highest BCUT2D eigenvalue weighted by Gasteiger charge is 2.20. The van der Waals surface area contributed by atoms with Crippen LogP contribution >= 0.6 is 11.3 Å². The topological polar surface area (TPSA) is 67.3 Å². The Morgan fingerprint density at radius 1 is 1.20 bits per heavy atom. The van der Waals surface area contributed by atoms with Crippen molar-refractivity contribution in [3.8, 4) is 0 Å². The van der Waals surface area contributed by atoms with E-state index < -0.39 is 5.97 Å². The standard InChI is InChI=1S/C15H15NO3S/c1-8-4-9(2)6-11(5-8)7-12-16-13(15(18)19)14(20-12)10(3)17/h4-6H,7H2,1-3H3,(H,18,19). The highest BCUT2D eigenvalue weighted by Crippen LogP contribution is 2.23. The number of carbonyl (C=O) groups excluding carboxylic acids is 1. The summed E-state index contributed by atoms with van der Waals surface area (Å²) in [4.78, 5) is 26.8. The second kappa shape index (κ2) is 5.54. The summed E-state index contributed by atoms with van der Waals surface area (Å²) < 4.78 is 0. The van der Waals surface area contributed by atoms with E-state index in [0.717, 1.165) is 28.0 Å². The first-order chi connectivity index (χ1) is 9.36. The van der Waals surface area contributed by atoms with E-state index in [1.807, 2.05) is 26.0 Å². The first-order valence-corrected chi connectivity index (χ1v) is 6.99. The monoisotopic (exact) mass is 289 g/mol. The lowest BCUT2D eigenvalue weighted by Gasteiger charge is -2.02. The van der Waals surface area contributed by atoms with Crippen LogP contribution in [0.2, 0.25) is 0 Å². The number of aryl methyl sites for hydroxylation is 2. The number of carboxylic acids is 1. The largest absolute Gasteiger partial charge is 0.476 e. The number of Topliss-reactive ketones (excluding diaryl/α,β-unsaturated/α-hetero) is 1. The van der Waals surface area contributed by atoms with Crippen molar-refractivity contribution in [1.29, 1.82) is 0 Å². The summed E-state index contributed by atoms with van der Waals surface area (Å²) in [6.07, 6.45) is 0.542. The molecule has 0 saturated heterocycles. The van der Waals surface area contributed by atoms with Gasteiger partial charge >= 0.3 is 5.97 Å². The average Bonchev–Trinajstić information content (AvgIpc) is 2.71. The zero-order chi connectivity index (χ0) is 14.9. The number of carbonyl (C=O) groups is 2. The maximum absolute atomic E-state index is 11.5. The number of nitrogens with zero attached hydrogens (tertiary/aromatic N) is 1. The number of hydrogen-bond donors (Lipinski definition) is 1. The van der Waals surface area contributed by atoms with E-state index in [4.69, 9.17) is 5.11 Å². The second-order valence-corrected chi connectivity index (χ2v) is 5.90. The smallest absolute Gasteiger partial charge is 0.356 e. The van der Waals surface area contributed by atoms with Crippen LogP contribution in [-0.2, 0) is 6.42 Å². The van der Waals surface area contributed by atoms with Crippen LogP contribution in [0.1, 0.15) is 48.8 Å². The SMILES string of the molecule is CC(=O)c1sc(Cc2cc(C)cc(C)c2)nc1C(=O)O. The number of hydrogen-bond acceptors (Lipinski definition) is 4.